The molecule has 1 aromatic heterocycles. The molecule has 7 nitrogen and oxygen atoms in total. The highest BCUT2D eigenvalue weighted by molar-refractivity contribution is 5.83. The lowest BCUT2D eigenvalue weighted by Gasteiger charge is -2.19. The molecule has 1 rings (SSSR count). The molecular weight excluding hydrogens is 248 g/mol. The number of primary amides is 1. The topological polar surface area (TPSA) is 92.7 Å². The van der Waals surface area contributed by atoms with E-state index in [1.807, 2.05) is 19.9 Å². The molecule has 19 heavy (non-hydrogen) atoms. The van der Waals surface area contributed by atoms with E-state index in [9.17, 15) is 9.59 Å². The lowest BCUT2D eigenvalue weighted by atomic mass is 10.1. The highest BCUT2D eigenvalue weighted by Gasteiger charge is 2.16. The molecule has 0 spiro atoms. The number of hydrogen-bond donors (Lipinski definition) is 1. The largest absolute Gasteiger partial charge is 0.361 e. The monoisotopic (exact) mass is 268 g/mol. The summed E-state index contributed by atoms with van der Waals surface area (Å²) >= 11 is 0. The molecule has 0 bridgehead atoms. The predicted molar refractivity (Wildman–Crippen MR) is 69.3 cm³/mol. The number of nitrogens with two attached hydrogens (primary N) is 1. The van der Waals surface area contributed by atoms with Crippen LogP contribution in [0, 0.1) is 0 Å². The number of aromatic nitrogens is 1. The number of nitrogens with zero attached hydrogens (tertiary/aromatic N) is 3. The van der Waals surface area contributed by atoms with Crippen LogP contribution in [0.3, 0.4) is 0 Å². The Morgan fingerprint density at radius 1 is 1.37 bits per heavy atom. The van der Waals surface area contributed by atoms with E-state index < -0.39 is 6.03 Å². The molecule has 0 aliphatic heterocycles. The first-order valence-corrected chi connectivity index (χ1v) is 6.01. The Morgan fingerprint density at radius 2 is 2.00 bits per heavy atom. The average molecular weight is 268 g/mol. The van der Waals surface area contributed by atoms with Gasteiger partial charge in [0.05, 0.1) is 6.54 Å². The zero-order chi connectivity index (χ0) is 14.6. The van der Waals surface area contributed by atoms with Crippen LogP contribution in [0.25, 0.3) is 0 Å². The number of hydrogen-bond acceptors (Lipinski definition) is 4. The molecule has 1 aromatic rings. The van der Waals surface area contributed by atoms with Gasteiger partial charge in [0.2, 0.25) is 5.91 Å². The maximum Gasteiger partial charge on any atom is 0.314 e. The van der Waals surface area contributed by atoms with Gasteiger partial charge in [-0.3, -0.25) is 4.79 Å². The standard InChI is InChI=1S/C12H20N4O3/c1-8(2)10-5-9(14-19-10)6-15(3)11(17)7-16(4)12(13)18/h5,8H,6-7H2,1-4H3,(H2,13,18). The summed E-state index contributed by atoms with van der Waals surface area (Å²) in [5.74, 6) is 0.823. The summed E-state index contributed by atoms with van der Waals surface area (Å²) in [6.45, 7) is 4.28. The van der Waals surface area contributed by atoms with Crippen molar-refractivity contribution in [3.63, 3.8) is 0 Å². The highest BCUT2D eigenvalue weighted by atomic mass is 16.5. The van der Waals surface area contributed by atoms with Gasteiger partial charge in [-0.1, -0.05) is 19.0 Å². The molecule has 0 unspecified atom stereocenters. The second kappa shape index (κ2) is 6.21. The van der Waals surface area contributed by atoms with Gasteiger partial charge < -0.3 is 20.1 Å². The maximum absolute atomic E-state index is 11.8. The Kier molecular flexibility index (Phi) is 4.91. The maximum atomic E-state index is 11.8. The molecule has 3 amide bonds. The van der Waals surface area contributed by atoms with E-state index in [-0.39, 0.29) is 18.4 Å². The van der Waals surface area contributed by atoms with Gasteiger partial charge >= 0.3 is 6.03 Å². The van der Waals surface area contributed by atoms with Gasteiger partial charge in [-0.05, 0) is 0 Å². The van der Waals surface area contributed by atoms with Crippen LogP contribution in [0.5, 0.6) is 0 Å². The number of likely N-dealkylation sites (N-methyl/N-ethyl adjacent to an activating group) is 2. The van der Waals surface area contributed by atoms with E-state index in [2.05, 4.69) is 5.16 Å². The van der Waals surface area contributed by atoms with Gasteiger partial charge in [0.15, 0.2) is 0 Å². The summed E-state index contributed by atoms with van der Waals surface area (Å²) in [5.41, 5.74) is 5.74. The van der Waals surface area contributed by atoms with E-state index in [0.717, 1.165) is 10.7 Å². The minimum absolute atomic E-state index is 0.0548. The Hall–Kier alpha value is -2.05. The lowest BCUT2D eigenvalue weighted by molar-refractivity contribution is -0.130. The molecule has 2 N–H and O–H groups in total. The van der Waals surface area contributed by atoms with E-state index in [1.165, 1.54) is 11.9 Å². The number of rotatable bonds is 5. The summed E-state index contributed by atoms with van der Waals surface area (Å²) in [7, 11) is 3.11. The molecule has 0 atom stereocenters. The van der Waals surface area contributed by atoms with Crippen LogP contribution in [0.4, 0.5) is 4.79 Å². The van der Waals surface area contributed by atoms with Crippen molar-refractivity contribution < 1.29 is 14.1 Å². The minimum Gasteiger partial charge on any atom is -0.361 e. The van der Waals surface area contributed by atoms with Gasteiger partial charge in [0, 0.05) is 26.1 Å². The van der Waals surface area contributed by atoms with Crippen LogP contribution in [-0.2, 0) is 11.3 Å². The third kappa shape index (κ3) is 4.27. The fourth-order valence-electron chi connectivity index (χ4n) is 1.41. The Bertz CT molecular complexity index is 456. The van der Waals surface area contributed by atoms with Crippen molar-refractivity contribution in [3.05, 3.63) is 17.5 Å². The van der Waals surface area contributed by atoms with Gasteiger partial charge in [-0.15, -0.1) is 0 Å². The second-order valence-electron chi connectivity index (χ2n) is 4.82. The van der Waals surface area contributed by atoms with Crippen LogP contribution in [0.15, 0.2) is 10.6 Å². The molecule has 0 aliphatic carbocycles. The normalized spacial score (nSPS) is 10.6. The molecule has 0 fully saturated rings. The van der Waals surface area contributed by atoms with Crippen LogP contribution in [0.1, 0.15) is 31.2 Å². The summed E-state index contributed by atoms with van der Waals surface area (Å²) < 4.78 is 5.15. The van der Waals surface area contributed by atoms with Gasteiger partial charge in [-0.25, -0.2) is 4.79 Å². The molecule has 0 saturated heterocycles. The van der Waals surface area contributed by atoms with Crippen molar-refractivity contribution in [2.24, 2.45) is 5.73 Å². The van der Waals surface area contributed by atoms with Crippen LogP contribution >= 0.6 is 0 Å². The quantitative estimate of drug-likeness (QED) is 0.853. The van der Waals surface area contributed by atoms with Gasteiger partial charge in [0.1, 0.15) is 18.0 Å². The summed E-state index contributed by atoms with van der Waals surface area (Å²) in [6, 6.07) is 1.19. The van der Waals surface area contributed by atoms with E-state index in [1.54, 1.807) is 7.05 Å². The minimum atomic E-state index is -0.634. The molecule has 106 valence electrons. The first kappa shape index (κ1) is 15.0. The number of carbonyl (C=O) groups excluding carboxylic acids is 2. The Labute approximate surface area is 112 Å². The third-order valence-corrected chi connectivity index (χ3v) is 2.72. The molecule has 1 heterocycles. The zero-order valence-corrected chi connectivity index (χ0v) is 11.7. The van der Waals surface area contributed by atoms with Crippen LogP contribution < -0.4 is 5.73 Å². The number of amides is 3. The van der Waals surface area contributed by atoms with Crippen molar-refractivity contribution in [3.8, 4) is 0 Å². The van der Waals surface area contributed by atoms with Crippen LogP contribution in [0.2, 0.25) is 0 Å². The molecule has 7 heteroatoms. The summed E-state index contributed by atoms with van der Waals surface area (Å²) in [4.78, 5) is 25.3. The Balaban J connectivity index is 2.56. The fourth-order valence-corrected chi connectivity index (χ4v) is 1.41. The third-order valence-electron chi connectivity index (χ3n) is 2.72. The number of carbonyl (C=O) groups is 2. The summed E-state index contributed by atoms with van der Waals surface area (Å²) in [6.07, 6.45) is 0. The van der Waals surface area contributed by atoms with Gasteiger partial charge in [0.25, 0.3) is 0 Å². The lowest BCUT2D eigenvalue weighted by Crippen LogP contribution is -2.41. The molecule has 0 aromatic carbocycles. The van der Waals surface area contributed by atoms with Crippen molar-refractivity contribution in [2.45, 2.75) is 26.3 Å². The van der Waals surface area contributed by atoms with Crippen molar-refractivity contribution >= 4 is 11.9 Å². The first-order chi connectivity index (χ1) is 8.81. The molecular formula is C12H20N4O3. The van der Waals surface area contributed by atoms with Crippen LogP contribution in [-0.4, -0.2) is 47.5 Å². The SMILES string of the molecule is CC(C)c1cc(CN(C)C(=O)CN(C)C(N)=O)no1. The molecule has 0 aliphatic rings. The Morgan fingerprint density at radius 3 is 2.47 bits per heavy atom. The van der Waals surface area contributed by atoms with Crippen molar-refractivity contribution in [1.29, 1.82) is 0 Å². The smallest absolute Gasteiger partial charge is 0.314 e. The predicted octanol–water partition coefficient (Wildman–Crippen LogP) is 0.767. The second-order valence-corrected chi connectivity index (χ2v) is 4.82. The zero-order valence-electron chi connectivity index (χ0n) is 11.7. The summed E-state index contributed by atoms with van der Waals surface area (Å²) in [5, 5.41) is 3.90. The number of urea groups is 1. The van der Waals surface area contributed by atoms with Gasteiger partial charge in [-0.2, -0.15) is 0 Å². The van der Waals surface area contributed by atoms with E-state index in [4.69, 9.17) is 10.3 Å². The van der Waals surface area contributed by atoms with Crippen molar-refractivity contribution in [2.75, 3.05) is 20.6 Å². The van der Waals surface area contributed by atoms with Crippen molar-refractivity contribution in [1.82, 2.24) is 15.0 Å². The average Bonchev–Trinajstić information content (AvgIpc) is 2.77. The fraction of sp³-hybridized carbons (Fsp3) is 0.583. The first-order valence-electron chi connectivity index (χ1n) is 6.01. The molecule has 0 saturated carbocycles. The van der Waals surface area contributed by atoms with E-state index >= 15 is 0 Å². The van der Waals surface area contributed by atoms with E-state index in [0.29, 0.717) is 12.2 Å². The molecule has 0 radical (unpaired) electrons. The highest BCUT2D eigenvalue weighted by Crippen LogP contribution is 2.15.